The molecule has 2 atom stereocenters. The molecule has 0 saturated heterocycles. The highest BCUT2D eigenvalue weighted by Gasteiger charge is 2.43. The lowest BCUT2D eigenvalue weighted by atomic mass is 9.77. The SMILES string of the molecule is O=C(O)C[C@H]1C[C@H]1c1cn(C(c2ccccc2)(c2ccccc2)c2ccccc2)cn1. The quantitative estimate of drug-likeness (QED) is 0.422. The minimum absolute atomic E-state index is 0.181. The third kappa shape index (κ3) is 3.44. The van der Waals surface area contributed by atoms with Crippen LogP contribution >= 0.6 is 0 Å². The first-order valence-electron chi connectivity index (χ1n) is 10.6. The van der Waals surface area contributed by atoms with Crippen molar-refractivity contribution in [2.45, 2.75) is 24.3 Å². The summed E-state index contributed by atoms with van der Waals surface area (Å²) >= 11 is 0. The summed E-state index contributed by atoms with van der Waals surface area (Å²) < 4.78 is 2.19. The number of hydrogen-bond donors (Lipinski definition) is 1. The Hall–Kier alpha value is -3.66. The number of benzene rings is 3. The summed E-state index contributed by atoms with van der Waals surface area (Å²) in [5.41, 5.74) is 3.84. The number of nitrogens with zero attached hydrogens (tertiary/aromatic N) is 2. The second-order valence-corrected chi connectivity index (χ2v) is 8.21. The number of carbonyl (C=O) groups is 1. The van der Waals surface area contributed by atoms with Crippen molar-refractivity contribution in [2.75, 3.05) is 0 Å². The van der Waals surface area contributed by atoms with Gasteiger partial charge in [-0.15, -0.1) is 0 Å². The van der Waals surface area contributed by atoms with Crippen molar-refractivity contribution in [1.29, 1.82) is 0 Å². The van der Waals surface area contributed by atoms with Crippen LogP contribution in [0.1, 0.15) is 41.1 Å². The van der Waals surface area contributed by atoms with E-state index >= 15 is 0 Å². The molecule has 4 heteroatoms. The third-order valence-electron chi connectivity index (χ3n) is 6.30. The number of hydrogen-bond acceptors (Lipinski definition) is 2. The Morgan fingerprint density at radius 3 is 1.81 bits per heavy atom. The smallest absolute Gasteiger partial charge is 0.303 e. The second kappa shape index (κ2) is 7.88. The molecule has 4 nitrogen and oxygen atoms in total. The molecular weight excluding hydrogens is 384 g/mol. The largest absolute Gasteiger partial charge is 0.481 e. The van der Waals surface area contributed by atoms with E-state index < -0.39 is 11.5 Å². The Kier molecular flexibility index (Phi) is 4.91. The van der Waals surface area contributed by atoms with Crippen LogP contribution in [0.25, 0.3) is 0 Å². The van der Waals surface area contributed by atoms with Crippen LogP contribution in [0.5, 0.6) is 0 Å². The van der Waals surface area contributed by atoms with Crippen molar-refractivity contribution in [2.24, 2.45) is 5.92 Å². The molecule has 1 aliphatic rings. The molecule has 0 aliphatic heterocycles. The molecule has 0 unspecified atom stereocenters. The molecule has 0 amide bonds. The van der Waals surface area contributed by atoms with Gasteiger partial charge in [0.2, 0.25) is 0 Å². The second-order valence-electron chi connectivity index (χ2n) is 8.21. The fraction of sp³-hybridized carbons (Fsp3) is 0.185. The van der Waals surface area contributed by atoms with Crippen LogP contribution in [-0.2, 0) is 10.3 Å². The average molecular weight is 409 g/mol. The molecule has 1 fully saturated rings. The number of rotatable bonds is 7. The maximum Gasteiger partial charge on any atom is 0.303 e. The summed E-state index contributed by atoms with van der Waals surface area (Å²) in [7, 11) is 0. The Balaban J connectivity index is 1.69. The van der Waals surface area contributed by atoms with Crippen LogP contribution in [0.15, 0.2) is 104 Å². The number of carboxylic acids is 1. The molecule has 1 saturated carbocycles. The standard InChI is InChI=1S/C27H24N2O2/c30-26(31)17-20-16-24(20)25-18-29(19-28-25)27(21-10-4-1-5-11-21,22-12-6-2-7-13-22)23-14-8-3-9-15-23/h1-15,18-20,24H,16-17H2,(H,30,31)/t20-,24-/m1/s1. The summed E-state index contributed by atoms with van der Waals surface area (Å²) in [5, 5.41) is 9.14. The van der Waals surface area contributed by atoms with Gasteiger partial charge in [0.25, 0.3) is 0 Å². The molecule has 5 rings (SSSR count). The van der Waals surface area contributed by atoms with Crippen molar-refractivity contribution in [3.63, 3.8) is 0 Å². The lowest BCUT2D eigenvalue weighted by Crippen LogP contribution is -2.36. The topological polar surface area (TPSA) is 55.1 Å². The predicted octanol–water partition coefficient (Wildman–Crippen LogP) is 5.30. The molecule has 31 heavy (non-hydrogen) atoms. The molecule has 3 aromatic carbocycles. The summed E-state index contributed by atoms with van der Waals surface area (Å²) in [6.07, 6.45) is 5.11. The number of aliphatic carboxylic acids is 1. The summed E-state index contributed by atoms with van der Waals surface area (Å²) in [5.74, 6) is -0.336. The average Bonchev–Trinajstić information content (AvgIpc) is 3.38. The van der Waals surface area contributed by atoms with Crippen LogP contribution < -0.4 is 0 Å². The lowest BCUT2D eigenvalue weighted by molar-refractivity contribution is -0.137. The van der Waals surface area contributed by atoms with Crippen molar-refractivity contribution in [3.05, 3.63) is 126 Å². The van der Waals surface area contributed by atoms with Gasteiger partial charge in [0, 0.05) is 18.5 Å². The van der Waals surface area contributed by atoms with Gasteiger partial charge >= 0.3 is 5.97 Å². The van der Waals surface area contributed by atoms with Crippen LogP contribution in [0.3, 0.4) is 0 Å². The van der Waals surface area contributed by atoms with Crippen molar-refractivity contribution in [1.82, 2.24) is 9.55 Å². The molecule has 0 bridgehead atoms. The molecule has 0 spiro atoms. The number of imidazole rings is 1. The minimum atomic E-state index is -0.737. The third-order valence-corrected chi connectivity index (χ3v) is 6.30. The first-order chi connectivity index (χ1) is 15.2. The predicted molar refractivity (Wildman–Crippen MR) is 120 cm³/mol. The van der Waals surface area contributed by atoms with Gasteiger partial charge in [-0.05, 0) is 29.0 Å². The van der Waals surface area contributed by atoms with E-state index in [1.54, 1.807) is 0 Å². The molecule has 1 aliphatic carbocycles. The Bertz CT molecular complexity index is 1070. The lowest BCUT2D eigenvalue weighted by Gasteiger charge is -2.37. The Labute approximate surface area is 181 Å². The first-order valence-corrected chi connectivity index (χ1v) is 10.6. The van der Waals surface area contributed by atoms with Crippen molar-refractivity contribution >= 4 is 5.97 Å². The molecule has 154 valence electrons. The maximum absolute atomic E-state index is 11.1. The van der Waals surface area contributed by atoms with Gasteiger partial charge in [0.15, 0.2) is 0 Å². The van der Waals surface area contributed by atoms with E-state index in [2.05, 4.69) is 83.6 Å². The van der Waals surface area contributed by atoms with Crippen LogP contribution in [0, 0.1) is 5.92 Å². The van der Waals surface area contributed by atoms with E-state index in [0.717, 1.165) is 28.8 Å². The van der Waals surface area contributed by atoms with Crippen LogP contribution in [-0.4, -0.2) is 20.6 Å². The van der Waals surface area contributed by atoms with Crippen molar-refractivity contribution in [3.8, 4) is 0 Å². The van der Waals surface area contributed by atoms with Gasteiger partial charge in [-0.1, -0.05) is 91.0 Å². The number of aromatic nitrogens is 2. The maximum atomic E-state index is 11.1. The van der Waals surface area contributed by atoms with Gasteiger partial charge in [-0.25, -0.2) is 4.98 Å². The van der Waals surface area contributed by atoms with Gasteiger partial charge in [-0.3, -0.25) is 4.79 Å². The first kappa shape index (κ1) is 19.3. The highest BCUT2D eigenvalue weighted by Crippen LogP contribution is 2.50. The number of carboxylic acid groups (broad SMARTS) is 1. The van der Waals surface area contributed by atoms with E-state index in [4.69, 9.17) is 10.1 Å². The zero-order chi connectivity index (χ0) is 21.3. The summed E-state index contributed by atoms with van der Waals surface area (Å²) in [6, 6.07) is 31.4. The van der Waals surface area contributed by atoms with E-state index in [0.29, 0.717) is 0 Å². The summed E-state index contributed by atoms with van der Waals surface area (Å²) in [6.45, 7) is 0. The van der Waals surface area contributed by atoms with Gasteiger partial charge in [-0.2, -0.15) is 0 Å². The van der Waals surface area contributed by atoms with Crippen molar-refractivity contribution < 1.29 is 9.90 Å². The monoisotopic (exact) mass is 408 g/mol. The minimum Gasteiger partial charge on any atom is -0.481 e. The van der Waals surface area contributed by atoms with E-state index in [9.17, 15) is 4.79 Å². The zero-order valence-corrected chi connectivity index (χ0v) is 17.1. The fourth-order valence-corrected chi connectivity index (χ4v) is 4.76. The molecule has 4 aromatic rings. The van der Waals surface area contributed by atoms with Gasteiger partial charge in [0.1, 0.15) is 5.54 Å². The van der Waals surface area contributed by atoms with Gasteiger partial charge in [0.05, 0.1) is 12.0 Å². The van der Waals surface area contributed by atoms with E-state index in [1.165, 1.54) is 0 Å². The highest BCUT2D eigenvalue weighted by molar-refractivity contribution is 5.67. The molecule has 0 radical (unpaired) electrons. The Morgan fingerprint density at radius 2 is 1.35 bits per heavy atom. The van der Waals surface area contributed by atoms with Crippen LogP contribution in [0.2, 0.25) is 0 Å². The van der Waals surface area contributed by atoms with E-state index in [-0.39, 0.29) is 18.3 Å². The van der Waals surface area contributed by atoms with E-state index in [1.807, 2.05) is 24.5 Å². The van der Waals surface area contributed by atoms with Crippen LogP contribution in [0.4, 0.5) is 0 Å². The molecule has 1 N–H and O–H groups in total. The molecule has 1 aromatic heterocycles. The fourth-order valence-electron chi connectivity index (χ4n) is 4.76. The molecular formula is C27H24N2O2. The highest BCUT2D eigenvalue weighted by atomic mass is 16.4. The normalized spacial score (nSPS) is 17.9. The molecule has 1 heterocycles. The zero-order valence-electron chi connectivity index (χ0n) is 17.1. The Morgan fingerprint density at radius 1 is 0.871 bits per heavy atom. The van der Waals surface area contributed by atoms with Gasteiger partial charge < -0.3 is 9.67 Å². The summed E-state index contributed by atoms with van der Waals surface area (Å²) in [4.78, 5) is 15.9.